The molecule has 0 aliphatic rings. The van der Waals surface area contributed by atoms with E-state index < -0.39 is 51.8 Å². The van der Waals surface area contributed by atoms with Crippen LogP contribution in [0.15, 0.2) is 24.3 Å². The van der Waals surface area contributed by atoms with E-state index in [1.54, 1.807) is 0 Å². The number of hydrogen-bond acceptors (Lipinski definition) is 9. The molecule has 0 aliphatic heterocycles. The molecule has 0 heterocycles. The molecule has 50 heavy (non-hydrogen) atoms. The second-order valence-corrected chi connectivity index (χ2v) is 14.8. The first kappa shape index (κ1) is 48.5. The zero-order chi connectivity index (χ0) is 37.0. The molecule has 10 nitrogen and oxygen atoms in total. The fourth-order valence-corrected chi connectivity index (χ4v) is 6.06. The first-order chi connectivity index (χ1) is 24.2. The van der Waals surface area contributed by atoms with Crippen molar-refractivity contribution in [2.75, 3.05) is 26.4 Å². The van der Waals surface area contributed by atoms with E-state index in [0.717, 1.165) is 32.1 Å². The van der Waals surface area contributed by atoms with E-state index in [1.807, 2.05) is 6.08 Å². The van der Waals surface area contributed by atoms with Crippen molar-refractivity contribution in [3.8, 4) is 0 Å². The van der Waals surface area contributed by atoms with E-state index in [4.69, 9.17) is 19.1 Å². The van der Waals surface area contributed by atoms with Crippen LogP contribution in [-0.2, 0) is 32.7 Å². The highest BCUT2D eigenvalue weighted by Crippen LogP contribution is 2.43. The zero-order valence-corrected chi connectivity index (χ0v) is 32.5. The number of carbonyl (C=O) groups is 2. The van der Waals surface area contributed by atoms with E-state index >= 15 is 0 Å². The summed E-state index contributed by atoms with van der Waals surface area (Å²) in [6.07, 6.45) is 33.1. The number of esters is 2. The number of carbonyl (C=O) groups excluding carboxylic acids is 2. The normalized spacial score (nSPS) is 14.3. The minimum atomic E-state index is -4.62. The summed E-state index contributed by atoms with van der Waals surface area (Å²) in [6, 6.07) is 0. The number of hydrogen-bond donors (Lipinski definition) is 3. The van der Waals surface area contributed by atoms with Crippen LogP contribution in [0.3, 0.4) is 0 Å². The maximum absolute atomic E-state index is 12.5. The Bertz CT molecular complexity index is 894. The number of rotatable bonds is 37. The van der Waals surface area contributed by atoms with Crippen LogP contribution in [0.1, 0.15) is 174 Å². The van der Waals surface area contributed by atoms with Crippen LogP contribution in [0.5, 0.6) is 0 Å². The quantitative estimate of drug-likeness (QED) is 0.0244. The molecule has 0 fully saturated rings. The van der Waals surface area contributed by atoms with Crippen molar-refractivity contribution in [2.24, 2.45) is 0 Å². The molecule has 0 bridgehead atoms. The maximum atomic E-state index is 12.5. The van der Waals surface area contributed by atoms with Crippen LogP contribution in [-0.4, -0.2) is 65.7 Å². The second-order valence-electron chi connectivity index (χ2n) is 13.3. The van der Waals surface area contributed by atoms with Gasteiger partial charge in [0.25, 0.3) is 0 Å². The first-order valence-electron chi connectivity index (χ1n) is 19.8. The summed E-state index contributed by atoms with van der Waals surface area (Å²) in [4.78, 5) is 34.8. The molecular weight excluding hydrogens is 659 g/mol. The van der Waals surface area contributed by atoms with Crippen LogP contribution in [0, 0.1) is 0 Å². The van der Waals surface area contributed by atoms with Gasteiger partial charge in [0.2, 0.25) is 0 Å². The van der Waals surface area contributed by atoms with Gasteiger partial charge in [0.15, 0.2) is 6.10 Å². The van der Waals surface area contributed by atoms with Gasteiger partial charge in [-0.05, 0) is 38.5 Å². The zero-order valence-electron chi connectivity index (χ0n) is 31.6. The summed E-state index contributed by atoms with van der Waals surface area (Å²) in [5.41, 5.74) is 0. The summed E-state index contributed by atoms with van der Waals surface area (Å²) < 4.78 is 32.5. The van der Waals surface area contributed by atoms with Crippen molar-refractivity contribution in [3.05, 3.63) is 24.3 Å². The number of aliphatic hydroxyl groups is 2. The standard InChI is InChI=1S/C39H73O10P/c1-3-5-7-9-11-13-15-16-17-18-19-20-21-23-25-27-29-31-39(43)49-37(35-48-50(44,45)47-33-36(41)32-40)34-46-38(42)30-28-26-24-22-14-12-10-8-6-4-2/h19-20,23,25,36-37,40-41H,3-18,21-22,24,26-35H2,1-2H3,(H,44,45)/b20-19+,25-23+/t36-,37+/m0/s1. The van der Waals surface area contributed by atoms with Crippen molar-refractivity contribution >= 4 is 19.8 Å². The summed E-state index contributed by atoms with van der Waals surface area (Å²) in [7, 11) is -4.62. The molecule has 0 aromatic heterocycles. The molecular formula is C39H73O10P. The maximum Gasteiger partial charge on any atom is 0.472 e. The highest BCUT2D eigenvalue weighted by atomic mass is 31.2. The minimum absolute atomic E-state index is 0.123. The molecule has 294 valence electrons. The minimum Gasteiger partial charge on any atom is -0.462 e. The fraction of sp³-hybridized carbons (Fsp3) is 0.846. The van der Waals surface area contributed by atoms with Crippen molar-refractivity contribution in [1.82, 2.24) is 0 Å². The van der Waals surface area contributed by atoms with Crippen LogP contribution < -0.4 is 0 Å². The summed E-state index contributed by atoms with van der Waals surface area (Å²) in [5.74, 6) is -0.976. The van der Waals surface area contributed by atoms with Gasteiger partial charge in [0, 0.05) is 12.8 Å². The third-order valence-corrected chi connectivity index (χ3v) is 9.31. The average Bonchev–Trinajstić information content (AvgIpc) is 3.10. The Morgan fingerprint density at radius 2 is 1.06 bits per heavy atom. The van der Waals surface area contributed by atoms with Gasteiger partial charge in [0.1, 0.15) is 12.7 Å². The number of unbranched alkanes of at least 4 members (excludes halogenated alkanes) is 19. The molecule has 3 N–H and O–H groups in total. The Labute approximate surface area is 304 Å². The molecule has 0 radical (unpaired) electrons. The third kappa shape index (κ3) is 34.9. The van der Waals surface area contributed by atoms with Gasteiger partial charge in [-0.25, -0.2) is 4.57 Å². The second kappa shape index (κ2) is 35.8. The van der Waals surface area contributed by atoms with Crippen molar-refractivity contribution in [2.45, 2.75) is 187 Å². The lowest BCUT2D eigenvalue weighted by atomic mass is 10.1. The lowest BCUT2D eigenvalue weighted by molar-refractivity contribution is -0.161. The molecule has 0 aromatic rings. The van der Waals surface area contributed by atoms with E-state index in [9.17, 15) is 24.2 Å². The lowest BCUT2D eigenvalue weighted by Gasteiger charge is -2.20. The number of ether oxygens (including phenoxy) is 2. The molecule has 0 aromatic carbocycles. The van der Waals surface area contributed by atoms with Crippen LogP contribution in [0.4, 0.5) is 0 Å². The van der Waals surface area contributed by atoms with Gasteiger partial charge >= 0.3 is 19.8 Å². The number of phosphoric acid groups is 1. The van der Waals surface area contributed by atoms with Crippen molar-refractivity contribution in [1.29, 1.82) is 0 Å². The van der Waals surface area contributed by atoms with Crippen LogP contribution in [0.2, 0.25) is 0 Å². The summed E-state index contributed by atoms with van der Waals surface area (Å²) in [5, 5.41) is 18.3. The Morgan fingerprint density at radius 3 is 1.60 bits per heavy atom. The van der Waals surface area contributed by atoms with Gasteiger partial charge < -0.3 is 24.6 Å². The Balaban J connectivity index is 4.39. The molecule has 11 heteroatoms. The van der Waals surface area contributed by atoms with E-state index in [2.05, 4.69) is 36.6 Å². The first-order valence-corrected chi connectivity index (χ1v) is 21.3. The van der Waals surface area contributed by atoms with E-state index in [-0.39, 0.29) is 19.4 Å². The molecule has 0 saturated carbocycles. The van der Waals surface area contributed by atoms with E-state index in [1.165, 1.54) is 96.3 Å². The predicted molar refractivity (Wildman–Crippen MR) is 201 cm³/mol. The smallest absolute Gasteiger partial charge is 0.462 e. The highest BCUT2D eigenvalue weighted by molar-refractivity contribution is 7.47. The average molecular weight is 733 g/mol. The van der Waals surface area contributed by atoms with Gasteiger partial charge in [0.05, 0.1) is 19.8 Å². The van der Waals surface area contributed by atoms with Gasteiger partial charge in [-0.15, -0.1) is 0 Å². The van der Waals surface area contributed by atoms with E-state index in [0.29, 0.717) is 19.3 Å². The molecule has 0 aliphatic carbocycles. The fourth-order valence-electron chi connectivity index (χ4n) is 5.27. The molecule has 0 spiro atoms. The summed E-state index contributed by atoms with van der Waals surface area (Å²) in [6.45, 7) is 2.31. The van der Waals surface area contributed by atoms with Gasteiger partial charge in [-0.2, -0.15) is 0 Å². The Morgan fingerprint density at radius 1 is 0.600 bits per heavy atom. The SMILES string of the molecule is CCCCCCCCCCC/C=C/C/C=C/CCCC(=O)O[C@H](COC(=O)CCCCCCCCCCCC)COP(=O)(O)OC[C@@H](O)CO. The highest BCUT2D eigenvalue weighted by Gasteiger charge is 2.27. The molecule has 1 unspecified atom stereocenters. The topological polar surface area (TPSA) is 149 Å². The molecule has 0 amide bonds. The number of allylic oxidation sites excluding steroid dienone is 4. The Kier molecular flexibility index (Phi) is 34.7. The van der Waals surface area contributed by atoms with Crippen molar-refractivity contribution < 1.29 is 47.8 Å². The van der Waals surface area contributed by atoms with Gasteiger partial charge in [-0.3, -0.25) is 18.6 Å². The third-order valence-electron chi connectivity index (χ3n) is 8.36. The molecule has 0 saturated heterocycles. The Hall–Kier alpha value is -1.55. The van der Waals surface area contributed by atoms with Gasteiger partial charge in [-0.1, -0.05) is 147 Å². The largest absolute Gasteiger partial charge is 0.472 e. The van der Waals surface area contributed by atoms with Crippen molar-refractivity contribution in [3.63, 3.8) is 0 Å². The lowest BCUT2D eigenvalue weighted by Crippen LogP contribution is -2.29. The number of phosphoric ester groups is 1. The monoisotopic (exact) mass is 732 g/mol. The predicted octanol–water partition coefficient (Wildman–Crippen LogP) is 9.83. The molecule has 0 rings (SSSR count). The van der Waals surface area contributed by atoms with Crippen LogP contribution >= 0.6 is 7.82 Å². The summed E-state index contributed by atoms with van der Waals surface area (Å²) >= 11 is 0. The number of aliphatic hydroxyl groups excluding tert-OH is 2. The van der Waals surface area contributed by atoms with Crippen LogP contribution in [0.25, 0.3) is 0 Å². The molecule has 3 atom stereocenters.